The standard InChI is InChI=1S/C17H32N2O2/c1-16(2)11-14(12-17(3,4)19(16)5)21-15(20)18-13-9-7-6-8-10-13/h13-14H,6-12H2,1-5H3,(H,18,20). The van der Waals surface area contributed by atoms with E-state index in [1.54, 1.807) is 0 Å². The van der Waals surface area contributed by atoms with Gasteiger partial charge in [0, 0.05) is 30.0 Å². The number of nitrogens with one attached hydrogen (secondary N) is 1. The lowest BCUT2D eigenvalue weighted by Crippen LogP contribution is -2.60. The number of hydrogen-bond acceptors (Lipinski definition) is 3. The highest BCUT2D eigenvalue weighted by atomic mass is 16.6. The predicted octanol–water partition coefficient (Wildman–Crippen LogP) is 3.70. The quantitative estimate of drug-likeness (QED) is 0.845. The summed E-state index contributed by atoms with van der Waals surface area (Å²) in [7, 11) is 2.16. The van der Waals surface area contributed by atoms with Crippen LogP contribution in [0, 0.1) is 0 Å². The second-order valence-corrected chi connectivity index (χ2v) is 8.10. The molecule has 0 spiro atoms. The van der Waals surface area contributed by atoms with Gasteiger partial charge in [-0.25, -0.2) is 4.79 Å². The molecule has 0 aromatic rings. The zero-order valence-corrected chi connectivity index (χ0v) is 14.4. The molecule has 0 bridgehead atoms. The first kappa shape index (κ1) is 16.6. The van der Waals surface area contributed by atoms with E-state index in [2.05, 4.69) is 45.0 Å². The van der Waals surface area contributed by atoms with Crippen LogP contribution in [0.3, 0.4) is 0 Å². The molecule has 0 atom stereocenters. The Labute approximate surface area is 129 Å². The van der Waals surface area contributed by atoms with Crippen molar-refractivity contribution >= 4 is 6.09 Å². The van der Waals surface area contributed by atoms with Crippen molar-refractivity contribution in [2.75, 3.05) is 7.05 Å². The van der Waals surface area contributed by atoms with Gasteiger partial charge in [0.2, 0.25) is 0 Å². The first-order valence-corrected chi connectivity index (χ1v) is 8.42. The molecule has 2 aliphatic rings. The number of nitrogens with zero attached hydrogens (tertiary/aromatic N) is 1. The molecule has 1 amide bonds. The average Bonchev–Trinajstić information content (AvgIpc) is 2.36. The fourth-order valence-electron chi connectivity index (χ4n) is 3.96. The lowest BCUT2D eigenvalue weighted by Gasteiger charge is -2.53. The maximum Gasteiger partial charge on any atom is 0.407 e. The van der Waals surface area contributed by atoms with Crippen LogP contribution in [0.2, 0.25) is 0 Å². The predicted molar refractivity (Wildman–Crippen MR) is 85.4 cm³/mol. The Kier molecular flexibility index (Phi) is 4.86. The molecular weight excluding hydrogens is 264 g/mol. The van der Waals surface area contributed by atoms with Crippen LogP contribution in [0.4, 0.5) is 4.79 Å². The zero-order chi connectivity index (χ0) is 15.7. The Bertz CT molecular complexity index is 355. The van der Waals surface area contributed by atoms with E-state index in [4.69, 9.17) is 4.74 Å². The summed E-state index contributed by atoms with van der Waals surface area (Å²) in [5.74, 6) is 0. The molecule has 0 unspecified atom stereocenters. The summed E-state index contributed by atoms with van der Waals surface area (Å²) in [6.07, 6.45) is 7.51. The summed E-state index contributed by atoms with van der Waals surface area (Å²) in [5.41, 5.74) is 0.106. The first-order valence-electron chi connectivity index (χ1n) is 8.42. The van der Waals surface area contributed by atoms with Gasteiger partial charge in [0.25, 0.3) is 0 Å². The van der Waals surface area contributed by atoms with Crippen molar-refractivity contribution in [3.05, 3.63) is 0 Å². The van der Waals surface area contributed by atoms with Crippen molar-refractivity contribution < 1.29 is 9.53 Å². The van der Waals surface area contributed by atoms with E-state index in [1.807, 2.05) is 0 Å². The highest BCUT2D eigenvalue weighted by molar-refractivity contribution is 5.67. The number of carbonyl (C=O) groups is 1. The third kappa shape index (κ3) is 4.12. The van der Waals surface area contributed by atoms with Crippen LogP contribution in [-0.2, 0) is 4.74 Å². The molecule has 1 heterocycles. The second kappa shape index (κ2) is 6.15. The molecule has 4 heteroatoms. The number of likely N-dealkylation sites (tertiary alicyclic amines) is 1. The van der Waals surface area contributed by atoms with Crippen LogP contribution >= 0.6 is 0 Å². The molecule has 21 heavy (non-hydrogen) atoms. The van der Waals surface area contributed by atoms with E-state index in [9.17, 15) is 4.79 Å². The smallest absolute Gasteiger partial charge is 0.407 e. The van der Waals surface area contributed by atoms with Crippen molar-refractivity contribution in [2.24, 2.45) is 0 Å². The summed E-state index contributed by atoms with van der Waals surface area (Å²) in [4.78, 5) is 14.5. The molecule has 4 nitrogen and oxygen atoms in total. The van der Waals surface area contributed by atoms with Gasteiger partial charge in [-0.1, -0.05) is 19.3 Å². The zero-order valence-electron chi connectivity index (χ0n) is 14.4. The van der Waals surface area contributed by atoms with E-state index in [-0.39, 0.29) is 23.3 Å². The molecule has 1 saturated heterocycles. The van der Waals surface area contributed by atoms with Crippen molar-refractivity contribution in [3.63, 3.8) is 0 Å². The summed E-state index contributed by atoms with van der Waals surface area (Å²) < 4.78 is 5.74. The lowest BCUT2D eigenvalue weighted by molar-refractivity contribution is -0.0685. The third-order valence-corrected chi connectivity index (χ3v) is 5.47. The highest BCUT2D eigenvalue weighted by Crippen LogP contribution is 2.38. The molecule has 1 N–H and O–H groups in total. The lowest BCUT2D eigenvalue weighted by atomic mass is 9.79. The van der Waals surface area contributed by atoms with E-state index in [1.165, 1.54) is 19.3 Å². The molecule has 1 saturated carbocycles. The van der Waals surface area contributed by atoms with Crippen LogP contribution in [0.1, 0.15) is 72.6 Å². The monoisotopic (exact) mass is 296 g/mol. The minimum atomic E-state index is -0.219. The van der Waals surface area contributed by atoms with E-state index in [0.29, 0.717) is 6.04 Å². The largest absolute Gasteiger partial charge is 0.446 e. The number of piperidine rings is 1. The molecule has 0 aromatic carbocycles. The van der Waals surface area contributed by atoms with Gasteiger partial charge in [0.15, 0.2) is 0 Å². The number of hydrogen-bond donors (Lipinski definition) is 1. The maximum absolute atomic E-state index is 12.1. The van der Waals surface area contributed by atoms with Crippen LogP contribution in [0.5, 0.6) is 0 Å². The molecule has 0 aromatic heterocycles. The Hall–Kier alpha value is -0.770. The van der Waals surface area contributed by atoms with Gasteiger partial charge in [-0.15, -0.1) is 0 Å². The summed E-state index contributed by atoms with van der Waals surface area (Å²) >= 11 is 0. The Morgan fingerprint density at radius 2 is 1.57 bits per heavy atom. The van der Waals surface area contributed by atoms with Gasteiger partial charge < -0.3 is 10.1 Å². The second-order valence-electron chi connectivity index (χ2n) is 8.10. The highest BCUT2D eigenvalue weighted by Gasteiger charge is 2.44. The van der Waals surface area contributed by atoms with Crippen LogP contribution in [0.25, 0.3) is 0 Å². The topological polar surface area (TPSA) is 41.6 Å². The fraction of sp³-hybridized carbons (Fsp3) is 0.941. The Morgan fingerprint density at radius 3 is 2.10 bits per heavy atom. The Balaban J connectivity index is 1.88. The van der Waals surface area contributed by atoms with Crippen molar-refractivity contribution in [3.8, 4) is 0 Å². The summed E-state index contributed by atoms with van der Waals surface area (Å²) in [5, 5.41) is 3.06. The Morgan fingerprint density at radius 1 is 1.05 bits per heavy atom. The number of carbonyl (C=O) groups excluding carboxylic acids is 1. The number of amides is 1. The molecule has 2 fully saturated rings. The van der Waals surface area contributed by atoms with E-state index in [0.717, 1.165) is 25.7 Å². The van der Waals surface area contributed by atoms with Gasteiger partial charge >= 0.3 is 6.09 Å². The van der Waals surface area contributed by atoms with E-state index < -0.39 is 0 Å². The van der Waals surface area contributed by atoms with E-state index >= 15 is 0 Å². The molecule has 1 aliphatic carbocycles. The molecule has 1 aliphatic heterocycles. The van der Waals surface area contributed by atoms with Crippen molar-refractivity contribution in [2.45, 2.75) is 95.9 Å². The first-order chi connectivity index (χ1) is 9.71. The van der Waals surface area contributed by atoms with Gasteiger partial charge in [-0.2, -0.15) is 0 Å². The molecule has 122 valence electrons. The summed E-state index contributed by atoms with van der Waals surface area (Å²) in [6.45, 7) is 8.90. The van der Waals surface area contributed by atoms with Crippen molar-refractivity contribution in [1.82, 2.24) is 10.2 Å². The van der Waals surface area contributed by atoms with Gasteiger partial charge in [-0.05, 0) is 47.6 Å². The van der Waals surface area contributed by atoms with Gasteiger partial charge in [0.1, 0.15) is 6.10 Å². The van der Waals surface area contributed by atoms with Gasteiger partial charge in [-0.3, -0.25) is 4.90 Å². The normalized spacial score (nSPS) is 27.3. The number of rotatable bonds is 2. The van der Waals surface area contributed by atoms with Crippen molar-refractivity contribution in [1.29, 1.82) is 0 Å². The molecule has 2 rings (SSSR count). The van der Waals surface area contributed by atoms with Crippen LogP contribution < -0.4 is 5.32 Å². The summed E-state index contributed by atoms with van der Waals surface area (Å²) in [6, 6.07) is 0.318. The minimum Gasteiger partial charge on any atom is -0.446 e. The molecule has 0 radical (unpaired) electrons. The average molecular weight is 296 g/mol. The maximum atomic E-state index is 12.1. The SMILES string of the molecule is CN1C(C)(C)CC(OC(=O)NC2CCCCC2)CC1(C)C. The number of ether oxygens (including phenoxy) is 1. The van der Waals surface area contributed by atoms with Crippen LogP contribution in [-0.4, -0.2) is 41.3 Å². The minimum absolute atomic E-state index is 0.00907. The number of alkyl carbamates (subject to hydrolysis) is 1. The van der Waals surface area contributed by atoms with Crippen LogP contribution in [0.15, 0.2) is 0 Å². The third-order valence-electron chi connectivity index (χ3n) is 5.47. The van der Waals surface area contributed by atoms with Gasteiger partial charge in [0.05, 0.1) is 0 Å². The molecular formula is C17H32N2O2. The fourth-order valence-corrected chi connectivity index (χ4v) is 3.96.